The van der Waals surface area contributed by atoms with Crippen LogP contribution in [-0.4, -0.2) is 19.6 Å². The summed E-state index contributed by atoms with van der Waals surface area (Å²) in [5.41, 5.74) is 9.69. The van der Waals surface area contributed by atoms with Crippen LogP contribution in [0.15, 0.2) is 66.4 Å². The van der Waals surface area contributed by atoms with E-state index in [-0.39, 0.29) is 17.9 Å². The number of anilines is 1. The van der Waals surface area contributed by atoms with Gasteiger partial charge in [-0.3, -0.25) is 0 Å². The SMILES string of the molecule is CCCNc1ccccc1C(/C=C(\N)C1CCNCC1)=C/Cc1ccccc1C(F)(F)F. The van der Waals surface area contributed by atoms with Crippen molar-refractivity contribution in [3.8, 4) is 0 Å². The van der Waals surface area contributed by atoms with Gasteiger partial charge in [0, 0.05) is 29.4 Å². The van der Waals surface area contributed by atoms with Crippen molar-refractivity contribution in [2.24, 2.45) is 11.7 Å². The number of benzene rings is 2. The largest absolute Gasteiger partial charge is 0.416 e. The lowest BCUT2D eigenvalue weighted by atomic mass is 9.91. The summed E-state index contributed by atoms with van der Waals surface area (Å²) < 4.78 is 40.5. The molecule has 2 aromatic rings. The van der Waals surface area contributed by atoms with E-state index in [9.17, 15) is 13.2 Å². The van der Waals surface area contributed by atoms with E-state index in [1.807, 2.05) is 36.4 Å². The second-order valence-corrected chi connectivity index (χ2v) is 8.16. The van der Waals surface area contributed by atoms with Gasteiger partial charge in [-0.15, -0.1) is 0 Å². The molecule has 0 aliphatic carbocycles. The number of nitrogens with one attached hydrogen (secondary N) is 2. The van der Waals surface area contributed by atoms with Gasteiger partial charge < -0.3 is 16.4 Å². The Morgan fingerprint density at radius 3 is 2.50 bits per heavy atom. The van der Waals surface area contributed by atoms with E-state index in [1.165, 1.54) is 12.1 Å². The monoisotopic (exact) mass is 443 g/mol. The number of para-hydroxylation sites is 1. The standard InChI is InChI=1S/C26H32F3N3/c1-2-15-32-25-10-6-4-8-22(25)21(18-24(30)20-13-16-31-17-14-20)12-11-19-7-3-5-9-23(19)26(27,28)29/h3-10,12,18,20,31-32H,2,11,13-17,30H2,1H3/b21-12+,24-18-. The zero-order valence-corrected chi connectivity index (χ0v) is 18.5. The second-order valence-electron chi connectivity index (χ2n) is 8.16. The van der Waals surface area contributed by atoms with Gasteiger partial charge in [-0.2, -0.15) is 13.2 Å². The molecule has 0 atom stereocenters. The number of halogens is 3. The van der Waals surface area contributed by atoms with Crippen LogP contribution in [0.1, 0.15) is 42.9 Å². The molecule has 172 valence electrons. The summed E-state index contributed by atoms with van der Waals surface area (Å²) in [6.45, 7) is 4.75. The maximum Gasteiger partial charge on any atom is 0.416 e. The number of nitrogens with two attached hydrogens (primary N) is 1. The number of hydrogen-bond donors (Lipinski definition) is 3. The van der Waals surface area contributed by atoms with Crippen LogP contribution in [0.25, 0.3) is 5.57 Å². The van der Waals surface area contributed by atoms with Crippen molar-refractivity contribution in [1.82, 2.24) is 5.32 Å². The fourth-order valence-electron chi connectivity index (χ4n) is 4.04. The molecule has 3 nitrogen and oxygen atoms in total. The molecule has 1 aliphatic heterocycles. The molecule has 32 heavy (non-hydrogen) atoms. The molecule has 0 bridgehead atoms. The Kier molecular flexibility index (Phi) is 8.39. The average molecular weight is 444 g/mol. The number of hydrogen-bond acceptors (Lipinski definition) is 3. The molecular formula is C26H32F3N3. The van der Waals surface area contributed by atoms with E-state index >= 15 is 0 Å². The smallest absolute Gasteiger partial charge is 0.402 e. The maximum atomic E-state index is 13.5. The third kappa shape index (κ3) is 6.39. The third-order valence-electron chi connectivity index (χ3n) is 5.80. The van der Waals surface area contributed by atoms with E-state index in [4.69, 9.17) is 5.73 Å². The molecule has 0 radical (unpaired) electrons. The van der Waals surface area contributed by atoms with Crippen molar-refractivity contribution in [2.45, 2.75) is 38.8 Å². The average Bonchev–Trinajstić information content (AvgIpc) is 2.80. The molecule has 0 saturated carbocycles. The van der Waals surface area contributed by atoms with Gasteiger partial charge in [0.2, 0.25) is 0 Å². The highest BCUT2D eigenvalue weighted by Gasteiger charge is 2.32. The summed E-state index contributed by atoms with van der Waals surface area (Å²) >= 11 is 0. The highest BCUT2D eigenvalue weighted by molar-refractivity contribution is 5.82. The highest BCUT2D eigenvalue weighted by Crippen LogP contribution is 2.33. The van der Waals surface area contributed by atoms with Gasteiger partial charge in [-0.05, 0) is 68.1 Å². The first-order chi connectivity index (χ1) is 15.4. The number of rotatable bonds is 8. The minimum Gasteiger partial charge on any atom is -0.402 e. The predicted octanol–water partition coefficient (Wildman–Crippen LogP) is 6.00. The van der Waals surface area contributed by atoms with E-state index in [2.05, 4.69) is 17.6 Å². The molecule has 4 N–H and O–H groups in total. The van der Waals surface area contributed by atoms with Crippen LogP contribution < -0.4 is 16.4 Å². The van der Waals surface area contributed by atoms with E-state index in [1.54, 1.807) is 6.07 Å². The topological polar surface area (TPSA) is 50.1 Å². The summed E-state index contributed by atoms with van der Waals surface area (Å²) in [5, 5.41) is 6.77. The van der Waals surface area contributed by atoms with Crippen molar-refractivity contribution in [3.05, 3.63) is 83.1 Å². The fraction of sp³-hybridized carbons (Fsp3) is 0.385. The Hall–Kier alpha value is -2.73. The van der Waals surface area contributed by atoms with Crippen molar-refractivity contribution in [2.75, 3.05) is 25.0 Å². The molecule has 0 spiro atoms. The highest BCUT2D eigenvalue weighted by atomic mass is 19.4. The van der Waals surface area contributed by atoms with Gasteiger partial charge in [0.05, 0.1) is 5.56 Å². The van der Waals surface area contributed by atoms with E-state index < -0.39 is 11.7 Å². The molecule has 0 aromatic heterocycles. The summed E-state index contributed by atoms with van der Waals surface area (Å²) in [6.07, 6.45) is 2.51. The van der Waals surface area contributed by atoms with Gasteiger partial charge in [0.1, 0.15) is 0 Å². The van der Waals surface area contributed by atoms with Crippen LogP contribution in [0.4, 0.5) is 18.9 Å². The predicted molar refractivity (Wildman–Crippen MR) is 126 cm³/mol. The Morgan fingerprint density at radius 2 is 1.78 bits per heavy atom. The molecule has 1 heterocycles. The maximum absolute atomic E-state index is 13.5. The molecule has 6 heteroatoms. The van der Waals surface area contributed by atoms with Crippen LogP contribution in [-0.2, 0) is 12.6 Å². The quantitative estimate of drug-likeness (QED) is 0.439. The lowest BCUT2D eigenvalue weighted by molar-refractivity contribution is -0.138. The molecule has 1 fully saturated rings. The first kappa shape index (κ1) is 23.9. The lowest BCUT2D eigenvalue weighted by Gasteiger charge is -2.23. The van der Waals surface area contributed by atoms with Crippen molar-refractivity contribution in [1.29, 1.82) is 0 Å². The summed E-state index contributed by atoms with van der Waals surface area (Å²) in [6, 6.07) is 13.6. The van der Waals surface area contributed by atoms with Crippen molar-refractivity contribution >= 4 is 11.3 Å². The van der Waals surface area contributed by atoms with Gasteiger partial charge in [0.15, 0.2) is 0 Å². The normalized spacial score (nSPS) is 16.2. The molecule has 1 aliphatic rings. The Balaban J connectivity index is 2.00. The van der Waals surface area contributed by atoms with Crippen LogP contribution in [0.3, 0.4) is 0 Å². The Morgan fingerprint density at radius 1 is 1.09 bits per heavy atom. The third-order valence-corrected chi connectivity index (χ3v) is 5.80. The zero-order valence-electron chi connectivity index (χ0n) is 18.5. The van der Waals surface area contributed by atoms with Crippen LogP contribution in [0.5, 0.6) is 0 Å². The molecule has 1 saturated heterocycles. The van der Waals surface area contributed by atoms with Gasteiger partial charge in [-0.25, -0.2) is 0 Å². The lowest BCUT2D eigenvalue weighted by Crippen LogP contribution is -2.30. The Labute approximate surface area is 188 Å². The summed E-state index contributed by atoms with van der Waals surface area (Å²) in [4.78, 5) is 0. The molecule has 3 rings (SSSR count). The minimum atomic E-state index is -4.38. The van der Waals surface area contributed by atoms with E-state index in [0.717, 1.165) is 67.5 Å². The molecule has 2 aromatic carbocycles. The molecule has 0 unspecified atom stereocenters. The first-order valence-electron chi connectivity index (χ1n) is 11.3. The zero-order chi connectivity index (χ0) is 23.0. The van der Waals surface area contributed by atoms with Crippen molar-refractivity contribution < 1.29 is 13.2 Å². The fourth-order valence-corrected chi connectivity index (χ4v) is 4.04. The Bertz CT molecular complexity index is 941. The molecular weight excluding hydrogens is 411 g/mol. The molecule has 0 amide bonds. The second kappa shape index (κ2) is 11.2. The van der Waals surface area contributed by atoms with E-state index in [0.29, 0.717) is 0 Å². The first-order valence-corrected chi connectivity index (χ1v) is 11.3. The van der Waals surface area contributed by atoms with Gasteiger partial charge >= 0.3 is 6.18 Å². The minimum absolute atomic E-state index is 0.170. The van der Waals surface area contributed by atoms with Crippen molar-refractivity contribution in [3.63, 3.8) is 0 Å². The van der Waals surface area contributed by atoms with Gasteiger partial charge in [0.25, 0.3) is 0 Å². The number of piperidine rings is 1. The van der Waals surface area contributed by atoms with Gasteiger partial charge in [-0.1, -0.05) is 49.4 Å². The van der Waals surface area contributed by atoms with Crippen LogP contribution in [0.2, 0.25) is 0 Å². The van der Waals surface area contributed by atoms with Crippen LogP contribution >= 0.6 is 0 Å². The number of allylic oxidation sites excluding steroid dienone is 4. The summed E-state index contributed by atoms with van der Waals surface area (Å²) in [5.74, 6) is 0.276. The number of alkyl halides is 3. The van der Waals surface area contributed by atoms with Crippen LogP contribution in [0, 0.1) is 5.92 Å². The summed E-state index contributed by atoms with van der Waals surface area (Å²) in [7, 11) is 0.